The van der Waals surface area contributed by atoms with Gasteiger partial charge in [-0.3, -0.25) is 0 Å². The summed E-state index contributed by atoms with van der Waals surface area (Å²) in [5.74, 6) is 0.937. The Morgan fingerprint density at radius 1 is 0.875 bits per heavy atom. The molecule has 0 atom stereocenters. The van der Waals surface area contributed by atoms with Gasteiger partial charge in [-0.05, 0) is 55.8 Å². The van der Waals surface area contributed by atoms with Crippen LogP contribution in [-0.4, -0.2) is 11.6 Å². The van der Waals surface area contributed by atoms with E-state index < -0.39 is 0 Å². The summed E-state index contributed by atoms with van der Waals surface area (Å²) in [6, 6.07) is 18.8. The normalized spacial score (nSPS) is 10.9. The number of pyridine rings is 1. The average molecular weight is 319 g/mol. The molecular weight excluding hydrogens is 294 g/mol. The number of hydrogen-bond donors (Lipinski definition) is 0. The first kappa shape index (κ1) is 16.5. The van der Waals surface area contributed by atoms with E-state index >= 15 is 0 Å². The molecule has 2 heteroatoms. The summed E-state index contributed by atoms with van der Waals surface area (Å²) in [5.41, 5.74) is 4.42. The van der Waals surface area contributed by atoms with Crippen molar-refractivity contribution in [2.45, 2.75) is 39.5 Å². The predicted octanol–water partition coefficient (Wildman–Crippen LogP) is 6.17. The van der Waals surface area contributed by atoms with Crippen LogP contribution >= 0.6 is 0 Å². The highest BCUT2D eigenvalue weighted by Crippen LogP contribution is 2.24. The van der Waals surface area contributed by atoms with E-state index in [0.29, 0.717) is 0 Å². The van der Waals surface area contributed by atoms with Gasteiger partial charge in [0, 0.05) is 10.9 Å². The number of benzene rings is 2. The maximum Gasteiger partial charge on any atom is 0.119 e. The van der Waals surface area contributed by atoms with E-state index in [1.807, 2.05) is 12.1 Å². The lowest BCUT2D eigenvalue weighted by Gasteiger charge is -2.08. The van der Waals surface area contributed by atoms with E-state index in [1.165, 1.54) is 30.2 Å². The van der Waals surface area contributed by atoms with Gasteiger partial charge in [0.05, 0.1) is 17.8 Å². The van der Waals surface area contributed by atoms with Crippen molar-refractivity contribution in [3.05, 3.63) is 60.2 Å². The van der Waals surface area contributed by atoms with Crippen LogP contribution in [0, 0.1) is 6.92 Å². The van der Waals surface area contributed by atoms with Crippen LogP contribution in [0.5, 0.6) is 5.75 Å². The molecule has 3 aromatic rings. The van der Waals surface area contributed by atoms with Crippen molar-refractivity contribution >= 4 is 10.9 Å². The Morgan fingerprint density at radius 2 is 1.71 bits per heavy atom. The van der Waals surface area contributed by atoms with E-state index in [0.717, 1.165) is 35.6 Å². The summed E-state index contributed by atoms with van der Waals surface area (Å²) in [5, 5.41) is 1.19. The van der Waals surface area contributed by atoms with E-state index in [4.69, 9.17) is 9.72 Å². The summed E-state index contributed by atoms with van der Waals surface area (Å²) in [6.07, 6.45) is 4.92. The fourth-order valence-electron chi connectivity index (χ4n) is 2.85. The van der Waals surface area contributed by atoms with Crippen LogP contribution in [0.3, 0.4) is 0 Å². The highest BCUT2D eigenvalue weighted by molar-refractivity contribution is 5.82. The maximum absolute atomic E-state index is 5.81. The molecule has 0 aliphatic carbocycles. The molecule has 0 amide bonds. The minimum atomic E-state index is 0.799. The van der Waals surface area contributed by atoms with Crippen molar-refractivity contribution < 1.29 is 4.74 Å². The van der Waals surface area contributed by atoms with Gasteiger partial charge >= 0.3 is 0 Å². The number of unbranched alkanes of at least 4 members (excludes halogenated alkanes) is 3. The molecule has 3 rings (SSSR count). The SMILES string of the molecule is CCCCCCOc1ccc(-c2ccc3cc(C)ccc3n2)cc1. The van der Waals surface area contributed by atoms with Crippen molar-refractivity contribution in [1.29, 1.82) is 0 Å². The summed E-state index contributed by atoms with van der Waals surface area (Å²) >= 11 is 0. The third-order valence-corrected chi connectivity index (χ3v) is 4.26. The predicted molar refractivity (Wildman–Crippen MR) is 102 cm³/mol. The number of rotatable bonds is 7. The molecule has 2 nitrogen and oxygen atoms in total. The standard InChI is InChI=1S/C22H25NO/c1-3-4-5-6-15-24-20-11-8-18(9-12-20)21-14-10-19-16-17(2)7-13-22(19)23-21/h7-14,16H,3-6,15H2,1-2H3. The molecule has 24 heavy (non-hydrogen) atoms. The van der Waals surface area contributed by atoms with Crippen molar-refractivity contribution in [2.75, 3.05) is 6.61 Å². The van der Waals surface area contributed by atoms with Crippen LogP contribution < -0.4 is 4.74 Å². The second-order valence-electron chi connectivity index (χ2n) is 6.33. The lowest BCUT2D eigenvalue weighted by atomic mass is 10.1. The van der Waals surface area contributed by atoms with Crippen LogP contribution in [0.1, 0.15) is 38.2 Å². The first-order chi connectivity index (χ1) is 11.8. The zero-order valence-corrected chi connectivity index (χ0v) is 14.6. The molecule has 0 aliphatic heterocycles. The Hall–Kier alpha value is -2.35. The van der Waals surface area contributed by atoms with Crippen LogP contribution in [0.15, 0.2) is 54.6 Å². The largest absolute Gasteiger partial charge is 0.494 e. The molecule has 2 aromatic carbocycles. The molecular formula is C22H25NO. The van der Waals surface area contributed by atoms with Crippen molar-refractivity contribution in [3.63, 3.8) is 0 Å². The first-order valence-electron chi connectivity index (χ1n) is 8.87. The number of hydrogen-bond acceptors (Lipinski definition) is 2. The van der Waals surface area contributed by atoms with Gasteiger partial charge in [-0.2, -0.15) is 0 Å². The fourth-order valence-corrected chi connectivity index (χ4v) is 2.85. The molecule has 0 aliphatic rings. The second-order valence-corrected chi connectivity index (χ2v) is 6.33. The van der Waals surface area contributed by atoms with Crippen LogP contribution in [-0.2, 0) is 0 Å². The molecule has 0 radical (unpaired) electrons. The number of ether oxygens (including phenoxy) is 1. The smallest absolute Gasteiger partial charge is 0.119 e. The second kappa shape index (κ2) is 7.96. The lowest BCUT2D eigenvalue weighted by molar-refractivity contribution is 0.305. The van der Waals surface area contributed by atoms with Gasteiger partial charge in [0.2, 0.25) is 0 Å². The third-order valence-electron chi connectivity index (χ3n) is 4.26. The summed E-state index contributed by atoms with van der Waals surface area (Å²) in [4.78, 5) is 4.77. The monoisotopic (exact) mass is 319 g/mol. The van der Waals surface area contributed by atoms with Crippen LogP contribution in [0.25, 0.3) is 22.2 Å². The van der Waals surface area contributed by atoms with E-state index in [9.17, 15) is 0 Å². The Kier molecular flexibility index (Phi) is 5.47. The van der Waals surface area contributed by atoms with Crippen LogP contribution in [0.4, 0.5) is 0 Å². The summed E-state index contributed by atoms with van der Waals surface area (Å²) < 4.78 is 5.81. The molecule has 0 fully saturated rings. The highest BCUT2D eigenvalue weighted by Gasteiger charge is 2.03. The van der Waals surface area contributed by atoms with E-state index in [-0.39, 0.29) is 0 Å². The Bertz CT molecular complexity index is 793. The van der Waals surface area contributed by atoms with Gasteiger partial charge in [-0.25, -0.2) is 4.98 Å². The highest BCUT2D eigenvalue weighted by atomic mass is 16.5. The van der Waals surface area contributed by atoms with Gasteiger partial charge in [-0.15, -0.1) is 0 Å². The molecule has 0 saturated carbocycles. The van der Waals surface area contributed by atoms with E-state index in [2.05, 4.69) is 56.3 Å². The molecule has 0 spiro atoms. The fraction of sp³-hybridized carbons (Fsp3) is 0.318. The Labute approximate surface area is 144 Å². The average Bonchev–Trinajstić information content (AvgIpc) is 2.62. The molecule has 1 heterocycles. The number of aromatic nitrogens is 1. The lowest BCUT2D eigenvalue weighted by Crippen LogP contribution is -1.97. The molecule has 0 bridgehead atoms. The summed E-state index contributed by atoms with van der Waals surface area (Å²) in [6.45, 7) is 5.13. The minimum absolute atomic E-state index is 0.799. The molecule has 124 valence electrons. The van der Waals surface area contributed by atoms with Crippen LogP contribution in [0.2, 0.25) is 0 Å². The first-order valence-corrected chi connectivity index (χ1v) is 8.87. The van der Waals surface area contributed by atoms with Gasteiger partial charge in [-0.1, -0.05) is 43.9 Å². The van der Waals surface area contributed by atoms with Crippen molar-refractivity contribution in [1.82, 2.24) is 4.98 Å². The zero-order valence-electron chi connectivity index (χ0n) is 14.6. The van der Waals surface area contributed by atoms with Gasteiger partial charge in [0.25, 0.3) is 0 Å². The molecule has 0 unspecified atom stereocenters. The Balaban J connectivity index is 1.68. The maximum atomic E-state index is 5.81. The van der Waals surface area contributed by atoms with Crippen molar-refractivity contribution in [2.24, 2.45) is 0 Å². The van der Waals surface area contributed by atoms with Gasteiger partial charge < -0.3 is 4.74 Å². The van der Waals surface area contributed by atoms with Crippen molar-refractivity contribution in [3.8, 4) is 17.0 Å². The molecule has 0 N–H and O–H groups in total. The molecule has 0 saturated heterocycles. The third kappa shape index (κ3) is 4.14. The molecule has 1 aromatic heterocycles. The van der Waals surface area contributed by atoms with Gasteiger partial charge in [0.1, 0.15) is 5.75 Å². The summed E-state index contributed by atoms with van der Waals surface area (Å²) in [7, 11) is 0. The topological polar surface area (TPSA) is 22.1 Å². The minimum Gasteiger partial charge on any atom is -0.494 e. The quantitative estimate of drug-likeness (QED) is 0.486. The van der Waals surface area contributed by atoms with E-state index in [1.54, 1.807) is 0 Å². The number of aryl methyl sites for hydroxylation is 1. The number of fused-ring (bicyclic) bond motifs is 1. The number of nitrogens with zero attached hydrogens (tertiary/aromatic N) is 1. The Morgan fingerprint density at radius 3 is 2.50 bits per heavy atom. The van der Waals surface area contributed by atoms with Gasteiger partial charge in [0.15, 0.2) is 0 Å². The zero-order chi connectivity index (χ0) is 16.8.